The fourth-order valence-electron chi connectivity index (χ4n) is 4.17. The Balaban J connectivity index is 1.75. The average Bonchev–Trinajstić information content (AvgIpc) is 2.74. The van der Waals surface area contributed by atoms with E-state index in [0.29, 0.717) is 23.5 Å². The number of ether oxygens (including phenoxy) is 1. The van der Waals surface area contributed by atoms with Crippen molar-refractivity contribution < 1.29 is 14.3 Å². The van der Waals surface area contributed by atoms with Gasteiger partial charge >= 0.3 is 0 Å². The Morgan fingerprint density at radius 1 is 1.17 bits per heavy atom. The molecule has 0 radical (unpaired) electrons. The lowest BCUT2D eigenvalue weighted by Crippen LogP contribution is -2.39. The molecule has 1 aliphatic heterocycles. The predicted molar refractivity (Wildman–Crippen MR) is 119 cm³/mol. The van der Waals surface area contributed by atoms with E-state index >= 15 is 0 Å². The highest BCUT2D eigenvalue weighted by Gasteiger charge is 2.42. The molecule has 0 spiro atoms. The molecule has 1 amide bonds. The molecule has 6 nitrogen and oxygen atoms in total. The number of halogens is 1. The molecule has 1 aromatic carbocycles. The van der Waals surface area contributed by atoms with Crippen LogP contribution in [-0.2, 0) is 9.59 Å². The van der Waals surface area contributed by atoms with Gasteiger partial charge in [0.25, 0.3) is 0 Å². The molecule has 0 saturated carbocycles. The summed E-state index contributed by atoms with van der Waals surface area (Å²) in [5, 5.41) is 2.89. The van der Waals surface area contributed by atoms with Crippen LogP contribution in [0.4, 0.5) is 5.82 Å². The SMILES string of the molecule is COc1ccc([C@H]2C3=C(CCCC3=O)N=C(C)C2C(=O)Nc2ccc(Br)cn2)cc1. The van der Waals surface area contributed by atoms with Gasteiger partial charge < -0.3 is 10.1 Å². The molecule has 2 atom stereocenters. The summed E-state index contributed by atoms with van der Waals surface area (Å²) < 4.78 is 6.10. The Hall–Kier alpha value is -2.80. The Morgan fingerprint density at radius 2 is 1.93 bits per heavy atom. The van der Waals surface area contributed by atoms with E-state index in [9.17, 15) is 9.59 Å². The zero-order valence-electron chi connectivity index (χ0n) is 16.8. The Bertz CT molecular complexity index is 1040. The van der Waals surface area contributed by atoms with E-state index < -0.39 is 5.92 Å². The number of nitrogens with one attached hydrogen (secondary N) is 1. The number of benzene rings is 1. The number of hydrogen-bond acceptors (Lipinski definition) is 5. The molecule has 2 aliphatic rings. The maximum absolute atomic E-state index is 13.3. The van der Waals surface area contributed by atoms with Crippen LogP contribution < -0.4 is 10.1 Å². The first-order chi connectivity index (χ1) is 14.5. The molecule has 154 valence electrons. The van der Waals surface area contributed by atoms with E-state index in [1.54, 1.807) is 19.4 Å². The zero-order valence-corrected chi connectivity index (χ0v) is 18.4. The third kappa shape index (κ3) is 3.94. The van der Waals surface area contributed by atoms with Crippen molar-refractivity contribution >= 4 is 39.1 Å². The smallest absolute Gasteiger partial charge is 0.235 e. The number of anilines is 1. The highest BCUT2D eigenvalue weighted by molar-refractivity contribution is 9.10. The largest absolute Gasteiger partial charge is 0.497 e. The van der Waals surface area contributed by atoms with Gasteiger partial charge in [0.15, 0.2) is 5.78 Å². The number of carbonyl (C=O) groups is 2. The third-order valence-corrected chi connectivity index (χ3v) is 6.04. The summed E-state index contributed by atoms with van der Waals surface area (Å²) in [6, 6.07) is 11.1. The minimum atomic E-state index is -0.593. The number of Topliss-reactive ketones (excluding diaryl/α,β-unsaturated/α-hetero) is 1. The average molecular weight is 468 g/mol. The maximum atomic E-state index is 13.3. The van der Waals surface area contributed by atoms with Gasteiger partial charge in [0.05, 0.1) is 13.0 Å². The predicted octanol–water partition coefficient (Wildman–Crippen LogP) is 4.67. The second-order valence-corrected chi connectivity index (χ2v) is 8.39. The number of aromatic nitrogens is 1. The third-order valence-electron chi connectivity index (χ3n) is 5.57. The molecule has 2 aromatic rings. The molecule has 0 saturated heterocycles. The Labute approximate surface area is 183 Å². The van der Waals surface area contributed by atoms with Gasteiger partial charge in [-0.05, 0) is 65.5 Å². The lowest BCUT2D eigenvalue weighted by atomic mass is 9.71. The van der Waals surface area contributed by atoms with Gasteiger partial charge in [-0.2, -0.15) is 0 Å². The first-order valence-corrected chi connectivity index (χ1v) is 10.6. The van der Waals surface area contributed by atoms with Crippen molar-refractivity contribution in [1.29, 1.82) is 0 Å². The molecule has 1 aliphatic carbocycles. The van der Waals surface area contributed by atoms with E-state index in [0.717, 1.165) is 34.3 Å². The number of hydrogen-bond donors (Lipinski definition) is 1. The van der Waals surface area contributed by atoms with Gasteiger partial charge in [0, 0.05) is 40.0 Å². The van der Waals surface area contributed by atoms with Crippen LogP contribution in [0.2, 0.25) is 0 Å². The van der Waals surface area contributed by atoms with Crippen molar-refractivity contribution in [3.05, 3.63) is 63.9 Å². The van der Waals surface area contributed by atoms with Gasteiger partial charge in [-0.15, -0.1) is 0 Å². The van der Waals surface area contributed by atoms with E-state index in [1.807, 2.05) is 37.3 Å². The monoisotopic (exact) mass is 467 g/mol. The van der Waals surface area contributed by atoms with Crippen LogP contribution >= 0.6 is 15.9 Å². The van der Waals surface area contributed by atoms with E-state index in [1.165, 1.54) is 0 Å². The first kappa shape index (κ1) is 20.5. The summed E-state index contributed by atoms with van der Waals surface area (Å²) in [4.78, 5) is 35.2. The minimum Gasteiger partial charge on any atom is -0.497 e. The number of aliphatic imine (C=N–C) groups is 1. The molecular weight excluding hydrogens is 446 g/mol. The van der Waals surface area contributed by atoms with Crippen molar-refractivity contribution in [2.24, 2.45) is 10.9 Å². The summed E-state index contributed by atoms with van der Waals surface area (Å²) in [6.07, 6.45) is 3.67. The fraction of sp³-hybridized carbons (Fsp3) is 0.304. The molecular formula is C23H22BrN3O3. The summed E-state index contributed by atoms with van der Waals surface area (Å²) in [7, 11) is 1.61. The van der Waals surface area contributed by atoms with Crippen molar-refractivity contribution in [1.82, 2.24) is 4.98 Å². The molecule has 1 aromatic heterocycles. The van der Waals surface area contributed by atoms with Crippen molar-refractivity contribution in [2.75, 3.05) is 12.4 Å². The van der Waals surface area contributed by atoms with Crippen LogP contribution in [0.3, 0.4) is 0 Å². The van der Waals surface area contributed by atoms with Gasteiger partial charge in [0.2, 0.25) is 5.91 Å². The quantitative estimate of drug-likeness (QED) is 0.707. The number of amides is 1. The zero-order chi connectivity index (χ0) is 21.3. The van der Waals surface area contributed by atoms with Crippen molar-refractivity contribution in [2.45, 2.75) is 32.1 Å². The van der Waals surface area contributed by atoms with Gasteiger partial charge in [0.1, 0.15) is 11.6 Å². The number of methoxy groups -OCH3 is 1. The lowest BCUT2D eigenvalue weighted by Gasteiger charge is -2.35. The van der Waals surface area contributed by atoms with Gasteiger partial charge in [-0.25, -0.2) is 4.98 Å². The van der Waals surface area contributed by atoms with Crippen molar-refractivity contribution in [3.63, 3.8) is 0 Å². The Morgan fingerprint density at radius 3 is 2.60 bits per heavy atom. The van der Waals surface area contributed by atoms with Crippen LogP contribution in [-0.4, -0.2) is 29.5 Å². The number of ketones is 1. The van der Waals surface area contributed by atoms with Crippen LogP contribution in [0.1, 0.15) is 37.7 Å². The molecule has 0 bridgehead atoms. The standard InChI is InChI=1S/C23H22BrN3O3/c1-13-20(23(29)27-19-11-8-15(24)12-25-19)21(14-6-9-16(30-2)10-7-14)22-17(26-13)4-3-5-18(22)28/h6-12,20-21H,3-5H2,1-2H3,(H,25,27,29)/t20?,21-/m1/s1. The number of rotatable bonds is 4. The topological polar surface area (TPSA) is 80.6 Å². The summed E-state index contributed by atoms with van der Waals surface area (Å²) in [6.45, 7) is 1.86. The molecule has 1 N–H and O–H groups in total. The second kappa shape index (κ2) is 8.52. The number of allylic oxidation sites excluding steroid dienone is 2. The van der Waals surface area contributed by atoms with Gasteiger partial charge in [-0.1, -0.05) is 12.1 Å². The highest BCUT2D eigenvalue weighted by atomic mass is 79.9. The number of carbonyl (C=O) groups excluding carboxylic acids is 2. The maximum Gasteiger partial charge on any atom is 0.235 e. The van der Waals surface area contributed by atoms with Gasteiger partial charge in [-0.3, -0.25) is 14.6 Å². The van der Waals surface area contributed by atoms with Crippen LogP contribution in [0.5, 0.6) is 5.75 Å². The molecule has 7 heteroatoms. The molecule has 0 fully saturated rings. The summed E-state index contributed by atoms with van der Waals surface area (Å²) in [5.41, 5.74) is 3.09. The molecule has 4 rings (SSSR count). The van der Waals surface area contributed by atoms with Crippen molar-refractivity contribution in [3.8, 4) is 5.75 Å². The Kier molecular flexibility index (Phi) is 5.81. The first-order valence-electron chi connectivity index (χ1n) is 9.85. The molecule has 30 heavy (non-hydrogen) atoms. The summed E-state index contributed by atoms with van der Waals surface area (Å²) >= 11 is 3.35. The highest BCUT2D eigenvalue weighted by Crippen LogP contribution is 2.43. The number of pyridine rings is 1. The van der Waals surface area contributed by atoms with E-state index in [2.05, 4.69) is 31.2 Å². The normalized spacial score (nSPS) is 21.0. The fourth-order valence-corrected chi connectivity index (χ4v) is 4.41. The minimum absolute atomic E-state index is 0.0767. The van der Waals surface area contributed by atoms with E-state index in [4.69, 9.17) is 4.74 Å². The molecule has 1 unspecified atom stereocenters. The van der Waals surface area contributed by atoms with Crippen LogP contribution in [0.25, 0.3) is 0 Å². The van der Waals surface area contributed by atoms with Crippen LogP contribution in [0.15, 0.2) is 63.3 Å². The number of nitrogens with zero attached hydrogens (tertiary/aromatic N) is 2. The van der Waals surface area contributed by atoms with E-state index in [-0.39, 0.29) is 17.6 Å². The summed E-state index contributed by atoms with van der Waals surface area (Å²) in [5.74, 6) is 0.0596. The lowest BCUT2D eigenvalue weighted by molar-refractivity contribution is -0.119. The van der Waals surface area contributed by atoms with Crippen LogP contribution in [0, 0.1) is 5.92 Å². The molecule has 2 heterocycles. The second-order valence-electron chi connectivity index (χ2n) is 7.47.